The lowest BCUT2D eigenvalue weighted by Crippen LogP contribution is -2.16. The summed E-state index contributed by atoms with van der Waals surface area (Å²) in [5.74, 6) is -0.661. The molecule has 78 valence electrons. The number of ketones is 1. The Bertz CT molecular complexity index is 310. The van der Waals surface area contributed by atoms with E-state index in [4.69, 9.17) is 0 Å². The van der Waals surface area contributed by atoms with Gasteiger partial charge in [0.1, 0.15) is 5.82 Å². The largest absolute Gasteiger partial charge is 0.335 e. The maximum atomic E-state index is 12.0. The third kappa shape index (κ3) is 2.61. The predicted molar refractivity (Wildman–Crippen MR) is 47.2 cm³/mol. The standard InChI is InChI=1S/C9H12F2N2O/c1-2-4-13-5-3-12-8(13)6-7(14)9(10)11/h3,5,9H,2,4,6H2,1H3. The summed E-state index contributed by atoms with van der Waals surface area (Å²) in [6.07, 6.45) is 0.903. The maximum absolute atomic E-state index is 12.0. The van der Waals surface area contributed by atoms with Crippen molar-refractivity contribution < 1.29 is 13.6 Å². The number of hydrogen-bond donors (Lipinski definition) is 0. The van der Waals surface area contributed by atoms with Crippen LogP contribution in [0.2, 0.25) is 0 Å². The number of aromatic nitrogens is 2. The predicted octanol–water partition coefficient (Wildman–Crippen LogP) is 1.67. The molecule has 1 aromatic heterocycles. The number of alkyl halides is 2. The van der Waals surface area contributed by atoms with Gasteiger partial charge in [0.2, 0.25) is 5.78 Å². The number of Topliss-reactive ketones (excluding diaryl/α,β-unsaturated/α-hetero) is 1. The van der Waals surface area contributed by atoms with Crippen molar-refractivity contribution >= 4 is 5.78 Å². The van der Waals surface area contributed by atoms with E-state index in [1.54, 1.807) is 10.8 Å². The van der Waals surface area contributed by atoms with Crippen LogP contribution in [0.15, 0.2) is 12.4 Å². The number of hydrogen-bond acceptors (Lipinski definition) is 2. The normalized spacial score (nSPS) is 10.9. The van der Waals surface area contributed by atoms with E-state index >= 15 is 0 Å². The van der Waals surface area contributed by atoms with Crippen molar-refractivity contribution in [3.63, 3.8) is 0 Å². The van der Waals surface area contributed by atoms with Crippen LogP contribution in [0.25, 0.3) is 0 Å². The quantitative estimate of drug-likeness (QED) is 0.728. The average molecular weight is 202 g/mol. The van der Waals surface area contributed by atoms with Gasteiger partial charge in [-0.3, -0.25) is 4.79 Å². The maximum Gasteiger partial charge on any atom is 0.296 e. The molecule has 0 amide bonds. The fourth-order valence-corrected chi connectivity index (χ4v) is 1.18. The molecule has 0 aliphatic carbocycles. The van der Waals surface area contributed by atoms with Crippen molar-refractivity contribution in [2.75, 3.05) is 0 Å². The van der Waals surface area contributed by atoms with Crippen LogP contribution in [0.3, 0.4) is 0 Å². The van der Waals surface area contributed by atoms with Crippen LogP contribution < -0.4 is 0 Å². The van der Waals surface area contributed by atoms with E-state index in [9.17, 15) is 13.6 Å². The lowest BCUT2D eigenvalue weighted by atomic mass is 10.3. The van der Waals surface area contributed by atoms with E-state index in [0.29, 0.717) is 12.4 Å². The molecule has 0 N–H and O–H groups in total. The molecule has 0 radical (unpaired) electrons. The molecule has 5 heteroatoms. The fourth-order valence-electron chi connectivity index (χ4n) is 1.18. The van der Waals surface area contributed by atoms with Crippen LogP contribution in [-0.2, 0) is 17.8 Å². The van der Waals surface area contributed by atoms with E-state index in [1.165, 1.54) is 6.20 Å². The van der Waals surface area contributed by atoms with Crippen LogP contribution in [0.5, 0.6) is 0 Å². The molecule has 0 spiro atoms. The Morgan fingerprint density at radius 2 is 2.36 bits per heavy atom. The highest BCUT2D eigenvalue weighted by molar-refractivity contribution is 5.83. The number of carbonyl (C=O) groups is 1. The highest BCUT2D eigenvalue weighted by Gasteiger charge is 2.17. The molecule has 0 atom stereocenters. The molecule has 0 bridgehead atoms. The van der Waals surface area contributed by atoms with Crippen molar-refractivity contribution in [2.24, 2.45) is 0 Å². The SMILES string of the molecule is CCCn1ccnc1CC(=O)C(F)F. The topological polar surface area (TPSA) is 34.9 Å². The van der Waals surface area contributed by atoms with E-state index < -0.39 is 12.2 Å². The Morgan fingerprint density at radius 3 is 2.93 bits per heavy atom. The van der Waals surface area contributed by atoms with Gasteiger partial charge in [-0.2, -0.15) is 0 Å². The molecule has 0 aromatic carbocycles. The average Bonchev–Trinajstić information content (AvgIpc) is 2.53. The third-order valence-electron chi connectivity index (χ3n) is 1.84. The summed E-state index contributed by atoms with van der Waals surface area (Å²) in [6.45, 7) is 2.67. The second-order valence-electron chi connectivity index (χ2n) is 2.98. The summed E-state index contributed by atoms with van der Waals surface area (Å²) in [5.41, 5.74) is 0. The van der Waals surface area contributed by atoms with E-state index in [-0.39, 0.29) is 6.42 Å². The van der Waals surface area contributed by atoms with Crippen molar-refractivity contribution in [1.29, 1.82) is 0 Å². The first-order valence-electron chi connectivity index (χ1n) is 4.46. The molecule has 0 saturated heterocycles. The Hall–Kier alpha value is -1.26. The van der Waals surface area contributed by atoms with Gasteiger partial charge in [0.05, 0.1) is 6.42 Å². The molecule has 0 aliphatic heterocycles. The van der Waals surface area contributed by atoms with E-state index in [2.05, 4.69) is 4.98 Å². The van der Waals surface area contributed by atoms with Crippen LogP contribution in [0.4, 0.5) is 8.78 Å². The second kappa shape index (κ2) is 4.83. The van der Waals surface area contributed by atoms with Gasteiger partial charge < -0.3 is 4.57 Å². The second-order valence-corrected chi connectivity index (χ2v) is 2.98. The molecule has 14 heavy (non-hydrogen) atoms. The lowest BCUT2D eigenvalue weighted by Gasteiger charge is -2.04. The highest BCUT2D eigenvalue weighted by Crippen LogP contribution is 2.04. The van der Waals surface area contributed by atoms with Crippen molar-refractivity contribution in [1.82, 2.24) is 9.55 Å². The first kappa shape index (κ1) is 10.8. The Morgan fingerprint density at radius 1 is 1.64 bits per heavy atom. The highest BCUT2D eigenvalue weighted by atomic mass is 19.3. The molecule has 1 aromatic rings. The van der Waals surface area contributed by atoms with E-state index in [0.717, 1.165) is 6.42 Å². The first-order chi connectivity index (χ1) is 6.65. The van der Waals surface area contributed by atoms with Crippen molar-refractivity contribution in [2.45, 2.75) is 32.7 Å². The number of aryl methyl sites for hydroxylation is 1. The summed E-state index contributed by atoms with van der Waals surface area (Å²) in [7, 11) is 0. The number of carbonyl (C=O) groups excluding carboxylic acids is 1. The van der Waals surface area contributed by atoms with Gasteiger partial charge in [-0.05, 0) is 6.42 Å². The number of rotatable bonds is 5. The molecule has 0 fully saturated rings. The van der Waals surface area contributed by atoms with Crippen LogP contribution in [-0.4, -0.2) is 21.8 Å². The monoisotopic (exact) mass is 202 g/mol. The first-order valence-corrected chi connectivity index (χ1v) is 4.46. The minimum atomic E-state index is -2.90. The number of imidazole rings is 1. The van der Waals surface area contributed by atoms with Crippen LogP contribution >= 0.6 is 0 Å². The minimum Gasteiger partial charge on any atom is -0.335 e. The fraction of sp³-hybridized carbons (Fsp3) is 0.556. The Balaban J connectivity index is 2.66. The molecular weight excluding hydrogens is 190 g/mol. The Kier molecular flexibility index (Phi) is 3.73. The van der Waals surface area contributed by atoms with Crippen molar-refractivity contribution in [3.05, 3.63) is 18.2 Å². The van der Waals surface area contributed by atoms with Gasteiger partial charge in [0, 0.05) is 18.9 Å². The van der Waals surface area contributed by atoms with Gasteiger partial charge in [0.15, 0.2) is 0 Å². The summed E-state index contributed by atoms with van der Waals surface area (Å²) in [4.78, 5) is 14.6. The zero-order valence-corrected chi connectivity index (χ0v) is 7.91. The molecule has 1 rings (SSSR count). The van der Waals surface area contributed by atoms with Crippen molar-refractivity contribution in [3.8, 4) is 0 Å². The van der Waals surface area contributed by atoms with E-state index in [1.807, 2.05) is 6.92 Å². The Labute approximate surface area is 80.8 Å². The minimum absolute atomic E-state index is 0.287. The van der Waals surface area contributed by atoms with Crippen LogP contribution in [0, 0.1) is 0 Å². The van der Waals surface area contributed by atoms with Gasteiger partial charge in [-0.1, -0.05) is 6.92 Å². The molecule has 0 unspecified atom stereocenters. The zero-order valence-electron chi connectivity index (χ0n) is 7.91. The molecular formula is C9H12F2N2O. The molecule has 0 aliphatic rings. The van der Waals surface area contributed by atoms with Gasteiger partial charge >= 0.3 is 0 Å². The third-order valence-corrected chi connectivity index (χ3v) is 1.84. The summed E-state index contributed by atoms with van der Waals surface area (Å²) in [5, 5.41) is 0. The summed E-state index contributed by atoms with van der Waals surface area (Å²) in [6, 6.07) is 0. The summed E-state index contributed by atoms with van der Waals surface area (Å²) >= 11 is 0. The van der Waals surface area contributed by atoms with Gasteiger partial charge in [0.25, 0.3) is 6.43 Å². The zero-order chi connectivity index (χ0) is 10.6. The smallest absolute Gasteiger partial charge is 0.296 e. The van der Waals surface area contributed by atoms with Crippen LogP contribution in [0.1, 0.15) is 19.2 Å². The summed E-state index contributed by atoms with van der Waals surface area (Å²) < 4.78 is 25.6. The van der Waals surface area contributed by atoms with Gasteiger partial charge in [-0.25, -0.2) is 13.8 Å². The number of halogens is 2. The number of nitrogens with zero attached hydrogens (tertiary/aromatic N) is 2. The molecule has 1 heterocycles. The molecule has 0 saturated carbocycles. The van der Waals surface area contributed by atoms with Gasteiger partial charge in [-0.15, -0.1) is 0 Å². The molecule has 3 nitrogen and oxygen atoms in total. The lowest BCUT2D eigenvalue weighted by molar-refractivity contribution is -0.128.